The first-order chi connectivity index (χ1) is 21.5. The second kappa shape index (κ2) is 12.0. The Labute approximate surface area is 259 Å². The predicted molar refractivity (Wildman–Crippen MR) is 168 cm³/mol. The third kappa shape index (κ3) is 6.31. The van der Waals surface area contributed by atoms with Gasteiger partial charge < -0.3 is 0 Å². The van der Waals surface area contributed by atoms with Crippen molar-refractivity contribution in [1.82, 2.24) is 9.97 Å². The van der Waals surface area contributed by atoms with Gasteiger partial charge >= 0.3 is 0 Å². The molecule has 0 spiro atoms. The molecule has 4 aromatic rings. The zero-order chi connectivity index (χ0) is 31.9. The Hall–Kier alpha value is -4.63. The first-order valence-corrected chi connectivity index (χ1v) is 16.2. The van der Waals surface area contributed by atoms with Crippen molar-refractivity contribution in [2.24, 2.45) is 0 Å². The molecule has 2 aromatic carbocycles. The molecule has 4 nitrogen and oxygen atoms in total. The van der Waals surface area contributed by atoms with Crippen LogP contribution in [0.4, 0.5) is 17.6 Å². The highest BCUT2D eigenvalue weighted by Gasteiger charge is 2.25. The van der Waals surface area contributed by atoms with E-state index in [4.69, 9.17) is 0 Å². The molecule has 0 amide bonds. The Morgan fingerprint density at radius 1 is 0.578 bits per heavy atom. The topological polar surface area (TPSA) is 59.9 Å². The number of benzene rings is 2. The van der Waals surface area contributed by atoms with Crippen LogP contribution in [0.5, 0.6) is 0 Å². The number of aromatic nitrogens is 2. The van der Waals surface area contributed by atoms with Crippen molar-refractivity contribution < 1.29 is 26.0 Å². The van der Waals surface area contributed by atoms with Gasteiger partial charge in [0.2, 0.25) is 0 Å². The summed E-state index contributed by atoms with van der Waals surface area (Å²) in [5.41, 5.74) is 4.20. The average Bonchev–Trinajstić information content (AvgIpc) is 3.67. The molecule has 9 heteroatoms. The number of pyridine rings is 2. The predicted octanol–water partition coefficient (Wildman–Crippen LogP) is 8.51. The van der Waals surface area contributed by atoms with Crippen LogP contribution in [0.1, 0.15) is 57.9 Å². The number of allylic oxidation sites excluding steroid dienone is 8. The number of hydrogen-bond acceptors (Lipinski definition) is 4. The van der Waals surface area contributed by atoms with Gasteiger partial charge in [0.25, 0.3) is 0 Å². The van der Waals surface area contributed by atoms with E-state index in [1.54, 1.807) is 24.3 Å². The molecule has 2 heterocycles. The van der Waals surface area contributed by atoms with Gasteiger partial charge in [0.1, 0.15) is 23.3 Å². The lowest BCUT2D eigenvalue weighted by molar-refractivity contribution is 0.570. The normalized spacial score (nSPS) is 14.7. The molecule has 0 radical (unpaired) electrons. The van der Waals surface area contributed by atoms with Crippen LogP contribution in [0, 0.1) is 37.1 Å². The average molecular weight is 629 g/mol. The van der Waals surface area contributed by atoms with E-state index < -0.39 is 55.7 Å². The summed E-state index contributed by atoms with van der Waals surface area (Å²) in [6.07, 6.45) is 8.27. The van der Waals surface area contributed by atoms with E-state index in [-0.39, 0.29) is 11.1 Å². The number of nitrogens with zero attached hydrogens (tertiary/aromatic N) is 2. The van der Waals surface area contributed by atoms with E-state index in [2.05, 4.69) is 9.97 Å². The molecule has 45 heavy (non-hydrogen) atoms. The second-order valence-corrected chi connectivity index (χ2v) is 13.2. The molecule has 0 N–H and O–H groups in total. The fraction of sp³-hybridized carbons (Fsp3) is 0.167. The first-order valence-electron chi connectivity index (χ1n) is 14.4. The second-order valence-electron chi connectivity index (χ2n) is 11.2. The Bertz CT molecular complexity index is 1950. The van der Waals surface area contributed by atoms with E-state index in [9.17, 15) is 8.42 Å². The monoisotopic (exact) mass is 628 g/mol. The molecular formula is C36H28F4N2O2S. The van der Waals surface area contributed by atoms with Gasteiger partial charge in [-0.25, -0.2) is 26.0 Å². The largest absolute Gasteiger partial charge is 0.253 e. The molecule has 0 bridgehead atoms. The van der Waals surface area contributed by atoms with Crippen molar-refractivity contribution in [2.75, 3.05) is 0 Å². The maximum Gasteiger partial charge on any atom is 0.158 e. The minimum atomic E-state index is -4.23. The molecule has 2 aliphatic carbocycles. The van der Waals surface area contributed by atoms with Crippen LogP contribution in [-0.2, 0) is 21.3 Å². The van der Waals surface area contributed by atoms with Crippen LogP contribution in [0.2, 0.25) is 0 Å². The van der Waals surface area contributed by atoms with Gasteiger partial charge in [0, 0.05) is 44.8 Å². The van der Waals surface area contributed by atoms with Crippen LogP contribution in [0.3, 0.4) is 0 Å². The summed E-state index contributed by atoms with van der Waals surface area (Å²) in [5, 5.41) is 0. The van der Waals surface area contributed by atoms with Crippen LogP contribution in [-0.4, -0.2) is 18.4 Å². The number of hydrogen-bond donors (Lipinski definition) is 0. The Kier molecular flexibility index (Phi) is 8.14. The van der Waals surface area contributed by atoms with E-state index in [0.29, 0.717) is 46.5 Å². The molecule has 228 valence electrons. The van der Waals surface area contributed by atoms with Crippen LogP contribution >= 0.6 is 0 Å². The van der Waals surface area contributed by atoms with Crippen LogP contribution in [0.25, 0.3) is 22.3 Å². The summed E-state index contributed by atoms with van der Waals surface area (Å²) in [6.45, 7) is 3.66. The lowest BCUT2D eigenvalue weighted by Crippen LogP contribution is -2.12. The molecule has 0 aliphatic heterocycles. The molecule has 0 fully saturated rings. The highest BCUT2D eigenvalue weighted by Crippen LogP contribution is 2.39. The van der Waals surface area contributed by atoms with Crippen molar-refractivity contribution in [3.05, 3.63) is 153 Å². The van der Waals surface area contributed by atoms with Gasteiger partial charge in [0.15, 0.2) is 9.84 Å². The summed E-state index contributed by atoms with van der Waals surface area (Å²) < 4.78 is 87.4. The third-order valence-electron chi connectivity index (χ3n) is 7.80. The summed E-state index contributed by atoms with van der Waals surface area (Å²) in [4.78, 5) is 8.96. The van der Waals surface area contributed by atoms with Crippen molar-refractivity contribution >= 4 is 32.1 Å². The quantitative estimate of drug-likeness (QED) is 0.184. The van der Waals surface area contributed by atoms with Gasteiger partial charge in [-0.2, -0.15) is 0 Å². The zero-order valence-electron chi connectivity index (χ0n) is 24.5. The fourth-order valence-corrected chi connectivity index (χ4v) is 7.24. The first kappa shape index (κ1) is 30.4. The van der Waals surface area contributed by atoms with Crippen molar-refractivity contribution in [3.8, 4) is 0 Å². The number of sulfone groups is 1. The van der Waals surface area contributed by atoms with Crippen molar-refractivity contribution in [2.45, 2.75) is 38.2 Å². The standard InChI is InChI=1S/C36H28F4N2O2S/c1-21-7-3-13-35(41-21)27-11-5-9-25(27)29-17-31(37)23(15-33(29)39)19-45(43,44)20-24-16-34(40)30(18-32(24)38)26-10-6-12-28(26)36-14-4-8-22(2)42-36/h3-4,7-18H,5-6,19-20H2,1-2H3. The SMILES string of the molecule is Cc1cccc(C2=CCC=C2c2cc(F)c(CS(=O)(=O)Cc3cc(F)c(C4=CCC=C4c4cccc(C)n4)cc3F)cc2F)n1. The Morgan fingerprint density at radius 3 is 1.38 bits per heavy atom. The summed E-state index contributed by atoms with van der Waals surface area (Å²) >= 11 is 0. The van der Waals surface area contributed by atoms with Crippen LogP contribution < -0.4 is 0 Å². The zero-order valence-corrected chi connectivity index (χ0v) is 25.4. The van der Waals surface area contributed by atoms with E-state index >= 15 is 17.6 Å². The summed E-state index contributed by atoms with van der Waals surface area (Å²) in [6, 6.07) is 14.5. The molecule has 0 atom stereocenters. The maximum absolute atomic E-state index is 15.4. The number of halogens is 4. The molecule has 2 aromatic heterocycles. The minimum Gasteiger partial charge on any atom is -0.253 e. The highest BCUT2D eigenvalue weighted by atomic mass is 32.2. The van der Waals surface area contributed by atoms with Gasteiger partial charge in [-0.3, -0.25) is 9.97 Å². The van der Waals surface area contributed by atoms with Gasteiger partial charge in [-0.15, -0.1) is 0 Å². The van der Waals surface area contributed by atoms with Crippen molar-refractivity contribution in [1.29, 1.82) is 0 Å². The molecular weight excluding hydrogens is 600 g/mol. The lowest BCUT2D eigenvalue weighted by Gasteiger charge is -2.14. The molecule has 6 rings (SSSR count). The lowest BCUT2D eigenvalue weighted by atomic mass is 9.96. The smallest absolute Gasteiger partial charge is 0.158 e. The van der Waals surface area contributed by atoms with Gasteiger partial charge in [-0.05, 0) is 86.4 Å². The number of rotatable bonds is 8. The fourth-order valence-electron chi connectivity index (χ4n) is 5.75. The van der Waals surface area contributed by atoms with E-state index in [1.165, 1.54) is 0 Å². The Balaban J connectivity index is 1.22. The maximum atomic E-state index is 15.4. The summed E-state index contributed by atoms with van der Waals surface area (Å²) in [5.74, 6) is -5.22. The van der Waals surface area contributed by atoms with Crippen LogP contribution in [0.15, 0.2) is 85.0 Å². The molecule has 0 saturated heterocycles. The van der Waals surface area contributed by atoms with Crippen molar-refractivity contribution in [3.63, 3.8) is 0 Å². The molecule has 0 saturated carbocycles. The van der Waals surface area contributed by atoms with Gasteiger partial charge in [0.05, 0.1) is 22.9 Å². The summed E-state index contributed by atoms with van der Waals surface area (Å²) in [7, 11) is -4.23. The van der Waals surface area contributed by atoms with E-state index in [0.717, 1.165) is 35.7 Å². The molecule has 2 aliphatic rings. The third-order valence-corrected chi connectivity index (χ3v) is 9.30. The Morgan fingerprint density at radius 2 is 0.978 bits per heavy atom. The van der Waals surface area contributed by atoms with Gasteiger partial charge in [-0.1, -0.05) is 36.4 Å². The van der Waals surface area contributed by atoms with E-state index in [1.807, 2.05) is 50.3 Å². The minimum absolute atomic E-state index is 0.0140. The molecule has 0 unspecified atom stereocenters. The number of aryl methyl sites for hydroxylation is 2. The highest BCUT2D eigenvalue weighted by molar-refractivity contribution is 7.89.